The Hall–Kier alpha value is -2.12. The van der Waals surface area contributed by atoms with E-state index in [1.807, 2.05) is 50.2 Å². The Kier molecular flexibility index (Phi) is 14.7. The van der Waals surface area contributed by atoms with Gasteiger partial charge in [-0.2, -0.15) is 11.1 Å². The number of benzene rings is 2. The van der Waals surface area contributed by atoms with Crippen molar-refractivity contribution in [3.8, 4) is 11.5 Å². The van der Waals surface area contributed by atoms with Crippen LogP contribution in [-0.2, 0) is 26.2 Å². The van der Waals surface area contributed by atoms with E-state index in [1.165, 1.54) is 33.4 Å². The number of rotatable bonds is 0. The molecule has 0 aromatic heterocycles. The summed E-state index contributed by atoms with van der Waals surface area (Å²) in [5, 5.41) is 17.8. The van der Waals surface area contributed by atoms with Gasteiger partial charge in [0, 0.05) is 0 Å². The zero-order chi connectivity index (χ0) is 24.3. The number of allylic oxidation sites excluding steroid dienone is 8. The largest absolute Gasteiger partial charge is 2.00 e. The van der Waals surface area contributed by atoms with E-state index in [0.29, 0.717) is 11.5 Å². The average Bonchev–Trinajstić information content (AvgIpc) is 3.19. The van der Waals surface area contributed by atoms with Crippen LogP contribution in [-0.4, -0.2) is 10.2 Å². The summed E-state index contributed by atoms with van der Waals surface area (Å²) >= 11 is 0. The first-order valence-corrected chi connectivity index (χ1v) is 11.0. The first-order chi connectivity index (χ1) is 15.0. The summed E-state index contributed by atoms with van der Waals surface area (Å²) in [6.45, 7) is 16.6. The monoisotopic (exact) mass is 520 g/mol. The van der Waals surface area contributed by atoms with Crippen molar-refractivity contribution < 1.29 is 36.4 Å². The Bertz CT molecular complexity index is 898. The number of hydrogen-bond donors (Lipinski definition) is 2. The van der Waals surface area contributed by atoms with E-state index in [4.69, 9.17) is 10.2 Å². The maximum absolute atomic E-state index is 8.92. The molecule has 0 aliphatic heterocycles. The summed E-state index contributed by atoms with van der Waals surface area (Å²) in [5.74, 6) is 0.736. The van der Waals surface area contributed by atoms with Crippen molar-refractivity contribution in [3.63, 3.8) is 0 Å². The maximum Gasteiger partial charge on any atom is 2.00 e. The summed E-state index contributed by atoms with van der Waals surface area (Å²) in [5.41, 5.74) is 10.2. The molecule has 0 spiro atoms. The van der Waals surface area contributed by atoms with Crippen molar-refractivity contribution in [2.75, 3.05) is 0 Å². The van der Waals surface area contributed by atoms with Gasteiger partial charge in [0.25, 0.3) is 0 Å². The van der Waals surface area contributed by atoms with Crippen molar-refractivity contribution in [3.05, 3.63) is 105 Å². The van der Waals surface area contributed by atoms with Crippen LogP contribution < -0.4 is 0 Å². The van der Waals surface area contributed by atoms with Gasteiger partial charge in [0.1, 0.15) is 11.5 Å². The zero-order valence-corrected chi connectivity index (χ0v) is 23.9. The van der Waals surface area contributed by atoms with Gasteiger partial charge in [0.2, 0.25) is 0 Å². The summed E-state index contributed by atoms with van der Waals surface area (Å²) in [7, 11) is 0. The van der Waals surface area contributed by atoms with Crippen LogP contribution in [0.5, 0.6) is 11.5 Å². The van der Waals surface area contributed by atoms with Crippen LogP contribution in [0.3, 0.4) is 0 Å². The van der Waals surface area contributed by atoms with E-state index in [-0.39, 0.29) is 26.2 Å². The van der Waals surface area contributed by atoms with Crippen LogP contribution in [0, 0.1) is 26.0 Å². The van der Waals surface area contributed by atoms with E-state index in [0.717, 1.165) is 24.0 Å². The van der Waals surface area contributed by atoms with Gasteiger partial charge >= 0.3 is 26.2 Å². The van der Waals surface area contributed by atoms with Crippen LogP contribution in [0.1, 0.15) is 65.5 Å². The molecule has 2 aromatic rings. The molecule has 0 saturated carbocycles. The minimum absolute atomic E-state index is 0. The Balaban J connectivity index is 0.000000410. The van der Waals surface area contributed by atoms with Crippen LogP contribution in [0.2, 0.25) is 0 Å². The van der Waals surface area contributed by atoms with Gasteiger partial charge in [-0.15, -0.1) is 13.8 Å². The molecule has 4 rings (SSSR count). The summed E-state index contributed by atoms with van der Waals surface area (Å²) in [6.07, 6.45) is 8.81. The minimum atomic E-state index is 0. The molecule has 33 heavy (non-hydrogen) atoms. The van der Waals surface area contributed by atoms with Gasteiger partial charge in [-0.05, 0) is 37.1 Å². The summed E-state index contributed by atoms with van der Waals surface area (Å²) < 4.78 is 0. The van der Waals surface area contributed by atoms with Crippen molar-refractivity contribution in [1.82, 2.24) is 0 Å². The number of hydrogen-bond acceptors (Lipinski definition) is 2. The van der Waals surface area contributed by atoms with E-state index >= 15 is 0 Å². The second kappa shape index (κ2) is 15.7. The Morgan fingerprint density at radius 1 is 0.545 bits per heavy atom. The molecule has 2 aliphatic carbocycles. The average molecular weight is 522 g/mol. The second-order valence-corrected chi connectivity index (χ2v) is 8.55. The van der Waals surface area contributed by atoms with Gasteiger partial charge in [-0.25, -0.2) is 34.4 Å². The van der Waals surface area contributed by atoms with Crippen LogP contribution >= 0.6 is 0 Å². The molecule has 2 nitrogen and oxygen atoms in total. The Morgan fingerprint density at radius 2 is 0.848 bits per heavy atom. The second-order valence-electron chi connectivity index (χ2n) is 8.55. The first-order valence-electron chi connectivity index (χ1n) is 11.0. The van der Waals surface area contributed by atoms with Gasteiger partial charge in [-0.1, -0.05) is 76.9 Å². The summed E-state index contributed by atoms with van der Waals surface area (Å²) in [6, 6.07) is 14.5. The molecule has 0 fully saturated rings. The quantitative estimate of drug-likeness (QED) is 0.342. The molecular formula is C30H38O2Zr. The molecule has 2 N–H and O–H groups in total. The summed E-state index contributed by atoms with van der Waals surface area (Å²) in [4.78, 5) is 0. The van der Waals surface area contributed by atoms with Crippen LogP contribution in [0.15, 0.2) is 82.0 Å². The van der Waals surface area contributed by atoms with Crippen molar-refractivity contribution in [2.45, 2.75) is 68.2 Å². The van der Waals surface area contributed by atoms with E-state index in [2.05, 4.69) is 53.7 Å². The third-order valence-corrected chi connectivity index (χ3v) is 5.37. The first kappa shape index (κ1) is 30.9. The van der Waals surface area contributed by atoms with E-state index in [1.54, 1.807) is 12.1 Å². The van der Waals surface area contributed by atoms with E-state index in [9.17, 15) is 0 Å². The number of phenolic OH excluding ortho intramolecular Hbond substituents is 2. The third-order valence-electron chi connectivity index (χ3n) is 5.37. The van der Waals surface area contributed by atoms with Gasteiger partial charge in [-0.3, -0.25) is 0 Å². The molecular weight excluding hydrogens is 484 g/mol. The normalized spacial score (nSPS) is 13.9. The minimum Gasteiger partial charge on any atom is -0.508 e. The molecule has 0 radical (unpaired) electrons. The topological polar surface area (TPSA) is 40.5 Å². The molecule has 3 heteroatoms. The van der Waals surface area contributed by atoms with Gasteiger partial charge in [0.15, 0.2) is 0 Å². The standard InChI is InChI=1S/2C8H11.2C7H8O.Zr/c2*1-6-4-7(2)8(3)5-6;2*1-6-4-2-3-5-7(6)8;/h2*4H2,1-3H3;2*2-5,8H,1H3;/q2*-1;;;+2. The number of aromatic hydroxyl groups is 2. The molecule has 0 heterocycles. The predicted octanol–water partition coefficient (Wildman–Crippen LogP) is 8.35. The van der Waals surface area contributed by atoms with Crippen molar-refractivity contribution in [1.29, 1.82) is 0 Å². The molecule has 0 bridgehead atoms. The molecule has 2 aromatic carbocycles. The fourth-order valence-electron chi connectivity index (χ4n) is 3.13. The maximum atomic E-state index is 8.92. The van der Waals surface area contributed by atoms with Gasteiger partial charge < -0.3 is 10.2 Å². The predicted molar refractivity (Wildman–Crippen MR) is 137 cm³/mol. The molecule has 0 saturated heterocycles. The van der Waals surface area contributed by atoms with Crippen LogP contribution in [0.25, 0.3) is 0 Å². The molecule has 2 aliphatic rings. The Morgan fingerprint density at radius 3 is 0.970 bits per heavy atom. The number of aryl methyl sites for hydroxylation is 2. The number of para-hydroxylation sites is 2. The molecule has 0 atom stereocenters. The SMILES string of the molecule is CC1=[C-]C(C)=C(C)C1.CC1=[C-]C(C)=C(C)C1.Cc1ccccc1O.Cc1ccccc1O.[Zr+2]. The molecule has 0 unspecified atom stereocenters. The van der Waals surface area contributed by atoms with Crippen molar-refractivity contribution >= 4 is 0 Å². The van der Waals surface area contributed by atoms with E-state index < -0.39 is 0 Å². The zero-order valence-electron chi connectivity index (χ0n) is 21.4. The molecule has 0 amide bonds. The van der Waals surface area contributed by atoms with Gasteiger partial charge in [0.05, 0.1) is 0 Å². The van der Waals surface area contributed by atoms with Crippen molar-refractivity contribution in [2.24, 2.45) is 0 Å². The smallest absolute Gasteiger partial charge is 0.508 e. The Labute approximate surface area is 220 Å². The fraction of sp³-hybridized carbons (Fsp3) is 0.333. The third kappa shape index (κ3) is 12.1. The van der Waals surface area contributed by atoms with Crippen LogP contribution in [0.4, 0.5) is 0 Å². The molecule has 174 valence electrons. The fourth-order valence-corrected chi connectivity index (χ4v) is 3.13. The number of phenols is 2.